The Morgan fingerprint density at radius 3 is 2.69 bits per heavy atom. The minimum absolute atomic E-state index is 0.149. The number of pyridine rings is 1. The molecule has 0 bridgehead atoms. The first-order valence-electron chi connectivity index (χ1n) is 5.30. The Morgan fingerprint density at radius 1 is 1.44 bits per heavy atom. The SMILES string of the molecule is O=C(O)C1CCN(c2ncccc2O)CC1. The molecular formula is C11H14N2O3. The molecule has 0 saturated carbocycles. The van der Waals surface area contributed by atoms with Gasteiger partial charge in [0.2, 0.25) is 0 Å². The molecule has 1 aliphatic heterocycles. The van der Waals surface area contributed by atoms with Crippen molar-refractivity contribution in [2.24, 2.45) is 5.92 Å². The van der Waals surface area contributed by atoms with Crippen LogP contribution in [0, 0.1) is 5.92 Å². The largest absolute Gasteiger partial charge is 0.504 e. The van der Waals surface area contributed by atoms with Crippen LogP contribution in [0.4, 0.5) is 5.82 Å². The Hall–Kier alpha value is -1.78. The molecule has 1 aromatic heterocycles. The molecule has 2 N–H and O–H groups in total. The number of anilines is 1. The van der Waals surface area contributed by atoms with Gasteiger partial charge in [0.15, 0.2) is 11.6 Å². The zero-order chi connectivity index (χ0) is 11.5. The van der Waals surface area contributed by atoms with E-state index in [0.29, 0.717) is 31.7 Å². The second kappa shape index (κ2) is 4.38. The number of piperidine rings is 1. The highest BCUT2D eigenvalue weighted by molar-refractivity contribution is 5.70. The molecular weight excluding hydrogens is 208 g/mol. The second-order valence-electron chi connectivity index (χ2n) is 3.95. The lowest BCUT2D eigenvalue weighted by atomic mass is 9.97. The molecule has 0 aliphatic carbocycles. The van der Waals surface area contributed by atoms with Gasteiger partial charge >= 0.3 is 5.97 Å². The fraction of sp³-hybridized carbons (Fsp3) is 0.455. The van der Waals surface area contributed by atoms with Gasteiger partial charge in [-0.05, 0) is 25.0 Å². The molecule has 0 atom stereocenters. The van der Waals surface area contributed by atoms with E-state index in [2.05, 4.69) is 4.98 Å². The van der Waals surface area contributed by atoms with Gasteiger partial charge in [0, 0.05) is 19.3 Å². The maximum absolute atomic E-state index is 10.8. The van der Waals surface area contributed by atoms with Crippen molar-refractivity contribution < 1.29 is 15.0 Å². The summed E-state index contributed by atoms with van der Waals surface area (Å²) in [6, 6.07) is 3.26. The number of aromatic hydroxyl groups is 1. The van der Waals surface area contributed by atoms with Gasteiger partial charge < -0.3 is 15.1 Å². The summed E-state index contributed by atoms with van der Waals surface area (Å²) in [5, 5.41) is 18.5. The Kier molecular flexibility index (Phi) is 2.94. The molecule has 86 valence electrons. The van der Waals surface area contributed by atoms with Gasteiger partial charge in [-0.2, -0.15) is 0 Å². The molecule has 0 aromatic carbocycles. The summed E-state index contributed by atoms with van der Waals surface area (Å²) in [6.07, 6.45) is 2.83. The molecule has 16 heavy (non-hydrogen) atoms. The van der Waals surface area contributed by atoms with E-state index in [9.17, 15) is 9.90 Å². The second-order valence-corrected chi connectivity index (χ2v) is 3.95. The molecule has 1 aromatic rings. The van der Waals surface area contributed by atoms with Gasteiger partial charge in [0.05, 0.1) is 5.92 Å². The Bertz CT molecular complexity index is 387. The van der Waals surface area contributed by atoms with Crippen LogP contribution in [0.15, 0.2) is 18.3 Å². The van der Waals surface area contributed by atoms with Crippen molar-refractivity contribution in [3.63, 3.8) is 0 Å². The Morgan fingerprint density at radius 2 is 2.12 bits per heavy atom. The smallest absolute Gasteiger partial charge is 0.306 e. The maximum Gasteiger partial charge on any atom is 0.306 e. The summed E-state index contributed by atoms with van der Waals surface area (Å²) in [5.41, 5.74) is 0. The highest BCUT2D eigenvalue weighted by atomic mass is 16.4. The van der Waals surface area contributed by atoms with Crippen LogP contribution >= 0.6 is 0 Å². The van der Waals surface area contributed by atoms with Crippen molar-refractivity contribution in [1.29, 1.82) is 0 Å². The summed E-state index contributed by atoms with van der Waals surface area (Å²) in [5.74, 6) is -0.297. The molecule has 5 heteroatoms. The van der Waals surface area contributed by atoms with Crippen LogP contribution < -0.4 is 4.90 Å². The molecule has 0 unspecified atom stereocenters. The summed E-state index contributed by atoms with van der Waals surface area (Å²) in [4.78, 5) is 16.8. The van der Waals surface area contributed by atoms with Crippen molar-refractivity contribution in [2.45, 2.75) is 12.8 Å². The van der Waals surface area contributed by atoms with Crippen LogP contribution in [0.3, 0.4) is 0 Å². The molecule has 0 amide bonds. The highest BCUT2D eigenvalue weighted by Gasteiger charge is 2.25. The van der Waals surface area contributed by atoms with E-state index < -0.39 is 5.97 Å². The monoisotopic (exact) mass is 222 g/mol. The number of hydrogen-bond donors (Lipinski definition) is 2. The van der Waals surface area contributed by atoms with E-state index >= 15 is 0 Å². The normalized spacial score (nSPS) is 17.4. The fourth-order valence-electron chi connectivity index (χ4n) is 1.97. The van der Waals surface area contributed by atoms with Crippen LogP contribution in [0.25, 0.3) is 0 Å². The fourth-order valence-corrected chi connectivity index (χ4v) is 1.97. The summed E-state index contributed by atoms with van der Waals surface area (Å²) < 4.78 is 0. The summed E-state index contributed by atoms with van der Waals surface area (Å²) >= 11 is 0. The molecule has 5 nitrogen and oxygen atoms in total. The Balaban J connectivity index is 2.05. The number of aromatic nitrogens is 1. The first-order valence-corrected chi connectivity index (χ1v) is 5.30. The zero-order valence-electron chi connectivity index (χ0n) is 8.83. The zero-order valence-corrected chi connectivity index (χ0v) is 8.83. The van der Waals surface area contributed by atoms with Crippen LogP contribution in [0.5, 0.6) is 5.75 Å². The third kappa shape index (κ3) is 2.08. The third-order valence-electron chi connectivity index (χ3n) is 2.91. The number of carboxylic acids is 1. The standard InChI is InChI=1S/C11H14N2O3/c14-9-2-1-5-12-10(9)13-6-3-8(4-7-13)11(15)16/h1-2,5,8,14H,3-4,6-7H2,(H,15,16). The number of rotatable bonds is 2. The van der Waals surface area contributed by atoms with Gasteiger partial charge in [0.1, 0.15) is 0 Å². The van der Waals surface area contributed by atoms with Gasteiger partial charge in [-0.1, -0.05) is 0 Å². The van der Waals surface area contributed by atoms with Gasteiger partial charge in [-0.3, -0.25) is 4.79 Å². The predicted octanol–water partition coefficient (Wildman–Crippen LogP) is 1.09. The van der Waals surface area contributed by atoms with Crippen LogP contribution in [-0.4, -0.2) is 34.3 Å². The topological polar surface area (TPSA) is 73.7 Å². The lowest BCUT2D eigenvalue weighted by molar-refractivity contribution is -0.142. The lowest BCUT2D eigenvalue weighted by Crippen LogP contribution is -2.36. The first-order chi connectivity index (χ1) is 7.68. The van der Waals surface area contributed by atoms with Crippen molar-refractivity contribution in [2.75, 3.05) is 18.0 Å². The lowest BCUT2D eigenvalue weighted by Gasteiger charge is -2.31. The average molecular weight is 222 g/mol. The number of aliphatic carboxylic acids is 1. The van der Waals surface area contributed by atoms with Gasteiger partial charge in [-0.15, -0.1) is 0 Å². The van der Waals surface area contributed by atoms with Crippen LogP contribution in [-0.2, 0) is 4.79 Å². The van der Waals surface area contributed by atoms with E-state index in [1.807, 2.05) is 4.90 Å². The van der Waals surface area contributed by atoms with Crippen molar-refractivity contribution in [3.8, 4) is 5.75 Å². The molecule has 2 rings (SSSR count). The van der Waals surface area contributed by atoms with E-state index in [1.54, 1.807) is 18.3 Å². The average Bonchev–Trinajstić information content (AvgIpc) is 2.30. The number of nitrogens with zero attached hydrogens (tertiary/aromatic N) is 2. The predicted molar refractivity (Wildman–Crippen MR) is 58.5 cm³/mol. The first kappa shape index (κ1) is 10.7. The Labute approximate surface area is 93.3 Å². The third-order valence-corrected chi connectivity index (χ3v) is 2.91. The molecule has 0 spiro atoms. The molecule has 1 saturated heterocycles. The minimum Gasteiger partial charge on any atom is -0.504 e. The highest BCUT2D eigenvalue weighted by Crippen LogP contribution is 2.28. The molecule has 2 heterocycles. The molecule has 1 fully saturated rings. The maximum atomic E-state index is 10.8. The number of carbonyl (C=O) groups is 1. The summed E-state index contributed by atoms with van der Waals surface area (Å²) in [7, 11) is 0. The summed E-state index contributed by atoms with van der Waals surface area (Å²) in [6.45, 7) is 1.25. The van der Waals surface area contributed by atoms with E-state index in [-0.39, 0.29) is 11.7 Å². The van der Waals surface area contributed by atoms with Crippen molar-refractivity contribution in [3.05, 3.63) is 18.3 Å². The van der Waals surface area contributed by atoms with Crippen LogP contribution in [0.2, 0.25) is 0 Å². The van der Waals surface area contributed by atoms with Crippen molar-refractivity contribution in [1.82, 2.24) is 4.98 Å². The number of hydrogen-bond acceptors (Lipinski definition) is 4. The van der Waals surface area contributed by atoms with Crippen molar-refractivity contribution >= 4 is 11.8 Å². The number of carboxylic acid groups (broad SMARTS) is 1. The van der Waals surface area contributed by atoms with E-state index in [1.165, 1.54) is 0 Å². The van der Waals surface area contributed by atoms with Gasteiger partial charge in [0.25, 0.3) is 0 Å². The quantitative estimate of drug-likeness (QED) is 0.783. The minimum atomic E-state index is -0.732. The van der Waals surface area contributed by atoms with E-state index in [0.717, 1.165) is 0 Å². The van der Waals surface area contributed by atoms with Crippen LogP contribution in [0.1, 0.15) is 12.8 Å². The van der Waals surface area contributed by atoms with Gasteiger partial charge in [-0.25, -0.2) is 4.98 Å². The molecule has 1 aliphatic rings. The van der Waals surface area contributed by atoms with E-state index in [4.69, 9.17) is 5.11 Å². The molecule has 0 radical (unpaired) electrons.